The first-order chi connectivity index (χ1) is 13.7. The van der Waals surface area contributed by atoms with Gasteiger partial charge < -0.3 is 9.80 Å². The minimum atomic E-state index is 0.102. The predicted octanol–water partition coefficient (Wildman–Crippen LogP) is 3.99. The molecule has 2 saturated heterocycles. The third-order valence-corrected chi connectivity index (χ3v) is 7.69. The number of carbonyl (C=O) groups is 2. The van der Waals surface area contributed by atoms with Crippen LogP contribution in [0.15, 0.2) is 30.3 Å². The molecule has 1 aromatic carbocycles. The van der Waals surface area contributed by atoms with E-state index in [4.69, 9.17) is 0 Å². The van der Waals surface area contributed by atoms with Crippen molar-refractivity contribution in [2.45, 2.75) is 38.5 Å². The summed E-state index contributed by atoms with van der Waals surface area (Å²) in [5.74, 6) is 0.558. The maximum absolute atomic E-state index is 13.1. The minimum Gasteiger partial charge on any atom is -0.342 e. The molecule has 0 atom stereocenters. The second-order valence-electron chi connectivity index (χ2n) is 8.22. The molecule has 3 aliphatic rings. The van der Waals surface area contributed by atoms with E-state index in [2.05, 4.69) is 30.3 Å². The molecule has 2 fully saturated rings. The molecule has 0 bridgehead atoms. The summed E-state index contributed by atoms with van der Waals surface area (Å²) in [5, 5.41) is 0. The van der Waals surface area contributed by atoms with Gasteiger partial charge in [0.2, 0.25) is 5.91 Å². The first kappa shape index (κ1) is 17.9. The quantitative estimate of drug-likeness (QED) is 0.773. The third-order valence-electron chi connectivity index (χ3n) is 6.49. The van der Waals surface area contributed by atoms with E-state index in [0.29, 0.717) is 19.0 Å². The highest BCUT2D eigenvalue weighted by molar-refractivity contribution is 7.17. The number of rotatable bonds is 2. The van der Waals surface area contributed by atoms with Gasteiger partial charge in [-0.3, -0.25) is 9.59 Å². The minimum absolute atomic E-state index is 0.102. The van der Waals surface area contributed by atoms with E-state index in [1.165, 1.54) is 21.6 Å². The molecule has 1 aliphatic carbocycles. The normalized spacial score (nSPS) is 19.4. The van der Waals surface area contributed by atoms with E-state index < -0.39 is 0 Å². The average Bonchev–Trinajstić information content (AvgIpc) is 3.43. The maximum Gasteiger partial charge on any atom is 0.263 e. The number of aryl methyl sites for hydroxylation is 2. The van der Waals surface area contributed by atoms with Crippen molar-refractivity contribution in [1.29, 1.82) is 0 Å². The molecule has 5 rings (SSSR count). The lowest BCUT2D eigenvalue weighted by Gasteiger charge is -2.33. The fourth-order valence-electron chi connectivity index (χ4n) is 4.86. The maximum atomic E-state index is 13.1. The summed E-state index contributed by atoms with van der Waals surface area (Å²) in [6.45, 7) is 3.23. The molecule has 0 N–H and O–H groups in total. The Kier molecular flexibility index (Phi) is 4.71. The Morgan fingerprint density at radius 3 is 2.39 bits per heavy atom. The van der Waals surface area contributed by atoms with Crippen LogP contribution in [0.2, 0.25) is 0 Å². The molecule has 0 saturated carbocycles. The number of hydrogen-bond acceptors (Lipinski definition) is 3. The lowest BCUT2D eigenvalue weighted by Crippen LogP contribution is -2.43. The Morgan fingerprint density at radius 2 is 1.61 bits per heavy atom. The zero-order chi connectivity index (χ0) is 19.1. The van der Waals surface area contributed by atoms with Gasteiger partial charge in [-0.25, -0.2) is 0 Å². The molecule has 4 nitrogen and oxygen atoms in total. The molecule has 2 aromatic rings. The van der Waals surface area contributed by atoms with Gasteiger partial charge in [-0.1, -0.05) is 24.3 Å². The van der Waals surface area contributed by atoms with Crippen LogP contribution in [0.5, 0.6) is 0 Å². The molecule has 146 valence electrons. The molecule has 28 heavy (non-hydrogen) atoms. The summed E-state index contributed by atoms with van der Waals surface area (Å²) in [6, 6.07) is 10.7. The van der Waals surface area contributed by atoms with Crippen LogP contribution in [0, 0.1) is 5.92 Å². The largest absolute Gasteiger partial charge is 0.342 e. The number of carbonyl (C=O) groups excluding carboxylic acids is 2. The predicted molar refractivity (Wildman–Crippen MR) is 112 cm³/mol. The molecule has 5 heteroatoms. The van der Waals surface area contributed by atoms with Crippen molar-refractivity contribution < 1.29 is 9.59 Å². The summed E-state index contributed by atoms with van der Waals surface area (Å²) in [6.07, 6.45) is 5.94. The second-order valence-corrected chi connectivity index (χ2v) is 9.27. The van der Waals surface area contributed by atoms with Crippen LogP contribution in [0.4, 0.5) is 0 Å². The highest BCUT2D eigenvalue weighted by atomic mass is 32.1. The van der Waals surface area contributed by atoms with Crippen molar-refractivity contribution in [1.82, 2.24) is 9.80 Å². The summed E-state index contributed by atoms with van der Waals surface area (Å²) >= 11 is 1.64. The Bertz CT molecular complexity index is 905. The first-order valence-electron chi connectivity index (χ1n) is 10.5. The molecular weight excluding hydrogens is 368 g/mol. The van der Waals surface area contributed by atoms with E-state index >= 15 is 0 Å². The van der Waals surface area contributed by atoms with Crippen molar-refractivity contribution in [3.05, 3.63) is 46.3 Å². The standard InChI is InChI=1S/C23H26N2O2S/c26-22(24-11-3-4-12-24)17-9-13-25(14-10-17)23(27)20-15-18-8-7-16-5-1-2-6-19(16)21(18)28-20/h1-2,5-6,15,17H,3-4,7-14H2. The van der Waals surface area contributed by atoms with Crippen LogP contribution in [0.3, 0.4) is 0 Å². The van der Waals surface area contributed by atoms with E-state index in [0.717, 1.165) is 56.5 Å². The lowest BCUT2D eigenvalue weighted by atomic mass is 9.91. The summed E-state index contributed by atoms with van der Waals surface area (Å²) in [7, 11) is 0. The summed E-state index contributed by atoms with van der Waals surface area (Å²) in [4.78, 5) is 31.8. The zero-order valence-electron chi connectivity index (χ0n) is 16.2. The van der Waals surface area contributed by atoms with Gasteiger partial charge in [-0.15, -0.1) is 11.3 Å². The van der Waals surface area contributed by atoms with Crippen LogP contribution in [-0.2, 0) is 17.6 Å². The number of nitrogens with zero attached hydrogens (tertiary/aromatic N) is 2. The summed E-state index contributed by atoms with van der Waals surface area (Å²) < 4.78 is 0. The van der Waals surface area contributed by atoms with Crippen LogP contribution >= 0.6 is 11.3 Å². The number of amides is 2. The van der Waals surface area contributed by atoms with Gasteiger partial charge in [-0.2, -0.15) is 0 Å². The molecule has 2 amide bonds. The van der Waals surface area contributed by atoms with E-state index in [1.807, 2.05) is 9.80 Å². The van der Waals surface area contributed by atoms with Crippen molar-refractivity contribution in [2.24, 2.45) is 5.92 Å². The van der Waals surface area contributed by atoms with Gasteiger partial charge in [0.1, 0.15) is 0 Å². The highest BCUT2D eigenvalue weighted by Gasteiger charge is 2.32. The molecule has 3 heterocycles. The van der Waals surface area contributed by atoms with Gasteiger partial charge in [-0.05, 0) is 61.3 Å². The number of benzene rings is 1. The fourth-order valence-corrected chi connectivity index (χ4v) is 6.10. The fraction of sp³-hybridized carbons (Fsp3) is 0.478. The van der Waals surface area contributed by atoms with Gasteiger partial charge in [0.05, 0.1) is 4.88 Å². The number of hydrogen-bond donors (Lipinski definition) is 0. The van der Waals surface area contributed by atoms with Gasteiger partial charge in [0.15, 0.2) is 0 Å². The monoisotopic (exact) mass is 394 g/mol. The van der Waals surface area contributed by atoms with Gasteiger partial charge in [0.25, 0.3) is 5.91 Å². The number of thiophene rings is 1. The number of fused-ring (bicyclic) bond motifs is 3. The molecule has 0 spiro atoms. The topological polar surface area (TPSA) is 40.6 Å². The zero-order valence-corrected chi connectivity index (χ0v) is 17.0. The SMILES string of the molecule is O=C(c1cc2c(s1)-c1ccccc1CC2)N1CCC(C(=O)N2CCCC2)CC1. The Balaban J connectivity index is 1.27. The smallest absolute Gasteiger partial charge is 0.263 e. The first-order valence-corrected chi connectivity index (χ1v) is 11.3. The molecule has 0 unspecified atom stereocenters. The van der Waals surface area contributed by atoms with Crippen LogP contribution < -0.4 is 0 Å². The lowest BCUT2D eigenvalue weighted by molar-refractivity contribution is -0.135. The molecule has 2 aliphatic heterocycles. The Labute approximate surface area is 170 Å². The number of piperidine rings is 1. The van der Waals surface area contributed by atoms with Crippen LogP contribution in [0.1, 0.15) is 46.5 Å². The highest BCUT2D eigenvalue weighted by Crippen LogP contribution is 2.40. The summed E-state index contributed by atoms with van der Waals surface area (Å²) in [5.41, 5.74) is 3.99. The number of likely N-dealkylation sites (tertiary alicyclic amines) is 2. The van der Waals surface area contributed by atoms with Gasteiger partial charge in [0, 0.05) is 37.0 Å². The average molecular weight is 395 g/mol. The van der Waals surface area contributed by atoms with Crippen molar-refractivity contribution >= 4 is 23.2 Å². The van der Waals surface area contributed by atoms with Crippen molar-refractivity contribution in [3.8, 4) is 10.4 Å². The van der Waals surface area contributed by atoms with E-state index in [9.17, 15) is 9.59 Å². The van der Waals surface area contributed by atoms with E-state index in [-0.39, 0.29) is 11.8 Å². The molecule has 1 aromatic heterocycles. The van der Waals surface area contributed by atoms with Crippen molar-refractivity contribution in [2.75, 3.05) is 26.2 Å². The molecule has 0 radical (unpaired) electrons. The third kappa shape index (κ3) is 3.16. The van der Waals surface area contributed by atoms with Crippen molar-refractivity contribution in [3.63, 3.8) is 0 Å². The van der Waals surface area contributed by atoms with Crippen LogP contribution in [0.25, 0.3) is 10.4 Å². The second kappa shape index (κ2) is 7.36. The van der Waals surface area contributed by atoms with E-state index in [1.54, 1.807) is 11.3 Å². The van der Waals surface area contributed by atoms with Crippen LogP contribution in [-0.4, -0.2) is 47.8 Å². The molecular formula is C23H26N2O2S. The Morgan fingerprint density at radius 1 is 0.893 bits per heavy atom. The van der Waals surface area contributed by atoms with Gasteiger partial charge >= 0.3 is 0 Å². The Hall–Kier alpha value is -2.14.